The number of H-pyrrole nitrogens is 1. The monoisotopic (exact) mass is 141 g/mol. The predicted molar refractivity (Wildman–Crippen MR) is 37.8 cm³/mol. The third-order valence-electron chi connectivity index (χ3n) is 1.23. The highest BCUT2D eigenvalue weighted by Gasteiger charge is 2.12. The zero-order valence-electron chi connectivity index (χ0n) is 6.38. The summed E-state index contributed by atoms with van der Waals surface area (Å²) in [5.74, 6) is 0. The molecule has 0 aromatic carbocycles. The maximum Gasteiger partial charge on any atom is 0.361 e. The van der Waals surface area contributed by atoms with Gasteiger partial charge in [0.25, 0.3) is 0 Å². The van der Waals surface area contributed by atoms with E-state index in [9.17, 15) is 4.79 Å². The fraction of sp³-hybridized carbons (Fsp3) is 0.667. The van der Waals surface area contributed by atoms with Crippen LogP contribution < -0.4 is 5.69 Å². The Morgan fingerprint density at radius 2 is 2.20 bits per heavy atom. The fourth-order valence-corrected chi connectivity index (χ4v) is 0.612. The molecule has 0 saturated carbocycles. The molecule has 1 heterocycles. The van der Waals surface area contributed by atoms with Crippen LogP contribution in [0.4, 0.5) is 0 Å². The third-order valence-corrected chi connectivity index (χ3v) is 1.23. The second-order valence-corrected chi connectivity index (χ2v) is 3.20. The molecular weight excluding hydrogens is 130 g/mol. The van der Waals surface area contributed by atoms with Gasteiger partial charge in [-0.25, -0.2) is 9.89 Å². The molecule has 56 valence electrons. The third kappa shape index (κ3) is 1.26. The number of nitrogens with zero attached hydrogens (tertiary/aromatic N) is 2. The number of nitrogens with one attached hydrogen (secondary N) is 1. The summed E-state index contributed by atoms with van der Waals surface area (Å²) in [4.78, 5) is 14.1. The van der Waals surface area contributed by atoms with E-state index in [-0.39, 0.29) is 11.2 Å². The summed E-state index contributed by atoms with van der Waals surface area (Å²) in [5, 5.41) is 2.57. The molecule has 4 heteroatoms. The van der Waals surface area contributed by atoms with Gasteiger partial charge in [0.05, 0.1) is 5.54 Å². The second kappa shape index (κ2) is 1.97. The van der Waals surface area contributed by atoms with Gasteiger partial charge in [-0.3, -0.25) is 4.68 Å². The van der Waals surface area contributed by atoms with E-state index in [0.29, 0.717) is 0 Å². The smallest absolute Gasteiger partial charge is 0.268 e. The van der Waals surface area contributed by atoms with Gasteiger partial charge in [-0.05, 0) is 20.8 Å². The van der Waals surface area contributed by atoms with Gasteiger partial charge in [0.1, 0.15) is 6.33 Å². The number of hydrogen-bond donors (Lipinski definition) is 1. The average molecular weight is 141 g/mol. The van der Waals surface area contributed by atoms with E-state index in [0.717, 1.165) is 0 Å². The van der Waals surface area contributed by atoms with Gasteiger partial charge >= 0.3 is 5.69 Å². The van der Waals surface area contributed by atoms with Crippen molar-refractivity contribution in [3.05, 3.63) is 16.8 Å². The molecule has 0 bridgehead atoms. The molecular formula is C6H11N3O. The van der Waals surface area contributed by atoms with Crippen molar-refractivity contribution in [2.75, 3.05) is 0 Å². The highest BCUT2D eigenvalue weighted by atomic mass is 16.1. The van der Waals surface area contributed by atoms with Crippen LogP contribution in [0.25, 0.3) is 0 Å². The molecule has 4 nitrogen and oxygen atoms in total. The lowest BCUT2D eigenvalue weighted by Crippen LogP contribution is -2.23. The quantitative estimate of drug-likeness (QED) is 0.566. The van der Waals surface area contributed by atoms with Gasteiger partial charge in [0.15, 0.2) is 0 Å². The number of aromatic amines is 1. The Hall–Kier alpha value is -1.06. The van der Waals surface area contributed by atoms with E-state index in [2.05, 4.69) is 10.1 Å². The van der Waals surface area contributed by atoms with E-state index in [4.69, 9.17) is 0 Å². The Balaban J connectivity index is 3.07. The Morgan fingerprint density at radius 1 is 1.60 bits per heavy atom. The molecule has 1 aromatic heterocycles. The van der Waals surface area contributed by atoms with E-state index in [1.807, 2.05) is 20.8 Å². The maximum absolute atomic E-state index is 10.5. The van der Waals surface area contributed by atoms with Crippen LogP contribution in [0.5, 0.6) is 0 Å². The summed E-state index contributed by atoms with van der Waals surface area (Å²) in [6.45, 7) is 5.97. The van der Waals surface area contributed by atoms with E-state index < -0.39 is 0 Å². The molecule has 0 amide bonds. The SMILES string of the molecule is CC(C)(C)n1cnc(=O)[nH]1. The number of aromatic nitrogens is 3. The van der Waals surface area contributed by atoms with E-state index in [1.165, 1.54) is 6.33 Å². The molecule has 0 aliphatic rings. The largest absolute Gasteiger partial charge is 0.361 e. The number of rotatable bonds is 0. The van der Waals surface area contributed by atoms with E-state index >= 15 is 0 Å². The minimum Gasteiger partial charge on any atom is -0.268 e. The average Bonchev–Trinajstić information content (AvgIpc) is 2.11. The van der Waals surface area contributed by atoms with Crippen molar-refractivity contribution >= 4 is 0 Å². The van der Waals surface area contributed by atoms with Crippen molar-refractivity contribution in [2.45, 2.75) is 26.3 Å². The Kier molecular flexibility index (Phi) is 1.39. The first-order valence-electron chi connectivity index (χ1n) is 3.14. The molecule has 0 unspecified atom stereocenters. The van der Waals surface area contributed by atoms with Crippen LogP contribution in [0.2, 0.25) is 0 Å². The van der Waals surface area contributed by atoms with Gasteiger partial charge in [0.2, 0.25) is 0 Å². The maximum atomic E-state index is 10.5. The summed E-state index contributed by atoms with van der Waals surface area (Å²) in [7, 11) is 0. The lowest BCUT2D eigenvalue weighted by Gasteiger charge is -2.18. The van der Waals surface area contributed by atoms with Crippen molar-refractivity contribution in [3.8, 4) is 0 Å². The van der Waals surface area contributed by atoms with Crippen LogP contribution in [0.3, 0.4) is 0 Å². The molecule has 0 aliphatic carbocycles. The van der Waals surface area contributed by atoms with Gasteiger partial charge in [-0.15, -0.1) is 0 Å². The van der Waals surface area contributed by atoms with Crippen LogP contribution >= 0.6 is 0 Å². The van der Waals surface area contributed by atoms with Crippen molar-refractivity contribution in [3.63, 3.8) is 0 Å². The molecule has 0 atom stereocenters. The summed E-state index contributed by atoms with van der Waals surface area (Å²) in [5.41, 5.74) is -0.384. The summed E-state index contributed by atoms with van der Waals surface area (Å²) in [6, 6.07) is 0. The van der Waals surface area contributed by atoms with Gasteiger partial charge in [0, 0.05) is 0 Å². The highest BCUT2D eigenvalue weighted by Crippen LogP contribution is 2.08. The molecule has 0 spiro atoms. The van der Waals surface area contributed by atoms with Crippen molar-refractivity contribution in [1.82, 2.24) is 14.8 Å². The van der Waals surface area contributed by atoms with Crippen molar-refractivity contribution in [1.29, 1.82) is 0 Å². The molecule has 0 radical (unpaired) electrons. The van der Waals surface area contributed by atoms with Gasteiger partial charge in [-0.2, -0.15) is 4.98 Å². The molecule has 1 rings (SSSR count). The minimum absolute atomic E-state index is 0.0876. The van der Waals surface area contributed by atoms with Crippen LogP contribution in [-0.2, 0) is 5.54 Å². The molecule has 10 heavy (non-hydrogen) atoms. The molecule has 0 fully saturated rings. The van der Waals surface area contributed by atoms with Crippen LogP contribution in [0.1, 0.15) is 20.8 Å². The summed E-state index contributed by atoms with van der Waals surface area (Å²) < 4.78 is 1.68. The van der Waals surface area contributed by atoms with Gasteiger partial charge < -0.3 is 0 Å². The highest BCUT2D eigenvalue weighted by molar-refractivity contribution is 4.71. The first kappa shape index (κ1) is 7.05. The van der Waals surface area contributed by atoms with Crippen LogP contribution in [0.15, 0.2) is 11.1 Å². The Morgan fingerprint density at radius 3 is 2.40 bits per heavy atom. The minimum atomic E-state index is -0.296. The van der Waals surface area contributed by atoms with Gasteiger partial charge in [-0.1, -0.05) is 0 Å². The zero-order valence-corrected chi connectivity index (χ0v) is 6.38. The summed E-state index contributed by atoms with van der Waals surface area (Å²) >= 11 is 0. The molecule has 1 N–H and O–H groups in total. The zero-order chi connectivity index (χ0) is 7.78. The standard InChI is InChI=1S/C6H11N3O/c1-6(2,3)9-4-7-5(10)8-9/h4H,1-3H3,(H,8,10). The second-order valence-electron chi connectivity index (χ2n) is 3.20. The number of hydrogen-bond acceptors (Lipinski definition) is 2. The Labute approximate surface area is 58.9 Å². The molecule has 1 aromatic rings. The normalized spacial score (nSPS) is 11.9. The van der Waals surface area contributed by atoms with Crippen molar-refractivity contribution < 1.29 is 0 Å². The lowest BCUT2D eigenvalue weighted by molar-refractivity contribution is 0.353. The molecule has 0 saturated heterocycles. The predicted octanol–water partition coefficient (Wildman–Crippen LogP) is 0.326. The van der Waals surface area contributed by atoms with E-state index in [1.54, 1.807) is 4.68 Å². The van der Waals surface area contributed by atoms with Crippen LogP contribution in [0, 0.1) is 0 Å². The summed E-state index contributed by atoms with van der Waals surface area (Å²) in [6.07, 6.45) is 1.50. The topological polar surface area (TPSA) is 50.7 Å². The van der Waals surface area contributed by atoms with Crippen molar-refractivity contribution in [2.24, 2.45) is 0 Å². The fourth-order valence-electron chi connectivity index (χ4n) is 0.612. The van der Waals surface area contributed by atoms with Crippen LogP contribution in [-0.4, -0.2) is 14.8 Å². The first-order valence-corrected chi connectivity index (χ1v) is 3.14. The first-order chi connectivity index (χ1) is 4.50. The Bertz CT molecular complexity index is 265. The molecule has 0 aliphatic heterocycles. The lowest BCUT2D eigenvalue weighted by atomic mass is 10.1.